The van der Waals surface area contributed by atoms with Crippen LogP contribution in [0.3, 0.4) is 0 Å². The second-order valence-electron chi connectivity index (χ2n) is 3.93. The number of hydrogen-bond donors (Lipinski definition) is 0. The fourth-order valence-corrected chi connectivity index (χ4v) is 2.00. The maximum Gasteiger partial charge on any atom is 0.293 e. The van der Waals surface area contributed by atoms with E-state index in [9.17, 15) is 10.1 Å². The quantitative estimate of drug-likeness (QED) is 0.555. The van der Waals surface area contributed by atoms with E-state index in [1.54, 1.807) is 12.1 Å². The first-order valence-electron chi connectivity index (χ1n) is 5.01. The van der Waals surface area contributed by atoms with Crippen molar-refractivity contribution in [1.29, 1.82) is 0 Å². The molecule has 0 aliphatic heterocycles. The van der Waals surface area contributed by atoms with Crippen LogP contribution in [0.15, 0.2) is 30.5 Å². The summed E-state index contributed by atoms with van der Waals surface area (Å²) >= 11 is 0. The van der Waals surface area contributed by atoms with Gasteiger partial charge in [-0.1, -0.05) is 12.1 Å². The van der Waals surface area contributed by atoms with Gasteiger partial charge in [0, 0.05) is 23.7 Å². The molecule has 1 saturated carbocycles. The lowest BCUT2D eigenvalue weighted by atomic mass is 10.2. The Morgan fingerprint density at radius 2 is 2.13 bits per heavy atom. The Hall–Kier alpha value is -1.84. The minimum absolute atomic E-state index is 0.212. The molecule has 76 valence electrons. The number of nitro groups is 1. The van der Waals surface area contributed by atoms with E-state index in [0.29, 0.717) is 6.04 Å². The third kappa shape index (κ3) is 1.21. The summed E-state index contributed by atoms with van der Waals surface area (Å²) in [6.45, 7) is 0. The monoisotopic (exact) mass is 202 g/mol. The van der Waals surface area contributed by atoms with Crippen molar-refractivity contribution >= 4 is 16.6 Å². The molecule has 0 N–H and O–H groups in total. The normalized spacial score (nSPS) is 15.7. The number of benzene rings is 1. The van der Waals surface area contributed by atoms with Crippen molar-refractivity contribution in [3.05, 3.63) is 40.6 Å². The number of fused-ring (bicyclic) bond motifs is 1. The van der Waals surface area contributed by atoms with Gasteiger partial charge in [-0.3, -0.25) is 10.1 Å². The summed E-state index contributed by atoms with van der Waals surface area (Å²) in [5.41, 5.74) is 0.981. The third-order valence-electron chi connectivity index (χ3n) is 2.86. The van der Waals surface area contributed by atoms with Gasteiger partial charge in [0.25, 0.3) is 5.69 Å². The fraction of sp³-hybridized carbons (Fsp3) is 0.273. The number of nitro benzene ring substituents is 1. The summed E-state index contributed by atoms with van der Waals surface area (Å²) in [5, 5.41) is 11.9. The van der Waals surface area contributed by atoms with E-state index in [2.05, 4.69) is 0 Å². The number of rotatable bonds is 2. The maximum atomic E-state index is 10.9. The Bertz CT molecular complexity index is 541. The second kappa shape index (κ2) is 2.82. The summed E-state index contributed by atoms with van der Waals surface area (Å²) in [4.78, 5) is 10.6. The van der Waals surface area contributed by atoms with E-state index in [1.807, 2.05) is 22.9 Å². The van der Waals surface area contributed by atoms with Crippen molar-refractivity contribution in [2.75, 3.05) is 0 Å². The lowest BCUT2D eigenvalue weighted by Crippen LogP contribution is -1.96. The number of nitrogens with zero attached hydrogens (tertiary/aromatic N) is 2. The second-order valence-corrected chi connectivity index (χ2v) is 3.93. The molecule has 0 unspecified atom stereocenters. The molecule has 4 nitrogen and oxygen atoms in total. The SMILES string of the molecule is O=[N+]([O-])c1cccc2ccn(C3CC3)c12. The predicted octanol–water partition coefficient (Wildman–Crippen LogP) is 2.88. The molecule has 1 aliphatic carbocycles. The van der Waals surface area contributed by atoms with Gasteiger partial charge < -0.3 is 4.57 Å². The maximum absolute atomic E-state index is 10.9. The number of para-hydroxylation sites is 1. The number of non-ortho nitro benzene ring substituents is 1. The summed E-state index contributed by atoms with van der Waals surface area (Å²) in [7, 11) is 0. The topological polar surface area (TPSA) is 48.1 Å². The highest BCUT2D eigenvalue weighted by Crippen LogP contribution is 2.39. The Morgan fingerprint density at radius 3 is 2.80 bits per heavy atom. The molecule has 0 amide bonds. The molecule has 0 bridgehead atoms. The zero-order chi connectivity index (χ0) is 10.4. The first kappa shape index (κ1) is 8.47. The molecule has 4 heteroatoms. The van der Waals surface area contributed by atoms with Crippen molar-refractivity contribution in [3.8, 4) is 0 Å². The standard InChI is InChI=1S/C11H10N2O2/c14-13(15)10-3-1-2-8-6-7-12(11(8)10)9-4-5-9/h1-3,6-7,9H,4-5H2. The van der Waals surface area contributed by atoms with Gasteiger partial charge in [-0.25, -0.2) is 0 Å². The summed E-state index contributed by atoms with van der Waals surface area (Å²) in [6.07, 6.45) is 4.22. The molecule has 3 rings (SSSR count). The fourth-order valence-electron chi connectivity index (χ4n) is 2.00. The molecule has 0 spiro atoms. The first-order valence-corrected chi connectivity index (χ1v) is 5.01. The van der Waals surface area contributed by atoms with Crippen molar-refractivity contribution in [1.82, 2.24) is 4.57 Å². The van der Waals surface area contributed by atoms with Gasteiger partial charge in [-0.2, -0.15) is 0 Å². The molecular weight excluding hydrogens is 192 g/mol. The molecule has 2 aromatic rings. The lowest BCUT2D eigenvalue weighted by molar-refractivity contribution is -0.383. The van der Waals surface area contributed by atoms with Crippen LogP contribution in [0.1, 0.15) is 18.9 Å². The van der Waals surface area contributed by atoms with Crippen molar-refractivity contribution in [3.63, 3.8) is 0 Å². The molecule has 1 heterocycles. The largest absolute Gasteiger partial charge is 0.339 e. The predicted molar refractivity (Wildman–Crippen MR) is 56.9 cm³/mol. The highest BCUT2D eigenvalue weighted by molar-refractivity contribution is 5.88. The first-order chi connectivity index (χ1) is 7.27. The van der Waals surface area contributed by atoms with Gasteiger partial charge in [0.15, 0.2) is 0 Å². The van der Waals surface area contributed by atoms with Crippen LogP contribution in [0.25, 0.3) is 10.9 Å². The van der Waals surface area contributed by atoms with Gasteiger partial charge >= 0.3 is 0 Å². The van der Waals surface area contributed by atoms with Crippen molar-refractivity contribution < 1.29 is 4.92 Å². The smallest absolute Gasteiger partial charge is 0.293 e. The van der Waals surface area contributed by atoms with E-state index in [1.165, 1.54) is 0 Å². The zero-order valence-corrected chi connectivity index (χ0v) is 8.09. The van der Waals surface area contributed by atoms with Gasteiger partial charge in [0.1, 0.15) is 5.52 Å². The van der Waals surface area contributed by atoms with Gasteiger partial charge in [-0.05, 0) is 18.9 Å². The van der Waals surface area contributed by atoms with Crippen molar-refractivity contribution in [2.24, 2.45) is 0 Å². The van der Waals surface area contributed by atoms with Crippen LogP contribution >= 0.6 is 0 Å². The zero-order valence-electron chi connectivity index (χ0n) is 8.09. The van der Waals surface area contributed by atoms with E-state index < -0.39 is 0 Å². The minimum Gasteiger partial charge on any atom is -0.339 e. The average molecular weight is 202 g/mol. The van der Waals surface area contributed by atoms with Crippen LogP contribution in [0.4, 0.5) is 5.69 Å². The number of hydrogen-bond acceptors (Lipinski definition) is 2. The van der Waals surface area contributed by atoms with Gasteiger partial charge in [0.05, 0.1) is 4.92 Å². The molecule has 15 heavy (non-hydrogen) atoms. The Kier molecular flexibility index (Phi) is 1.59. The summed E-state index contributed by atoms with van der Waals surface area (Å²) in [6, 6.07) is 7.64. The highest BCUT2D eigenvalue weighted by atomic mass is 16.6. The van der Waals surface area contributed by atoms with E-state index in [-0.39, 0.29) is 10.6 Å². The molecule has 1 fully saturated rings. The average Bonchev–Trinajstić information content (AvgIpc) is 2.97. The molecule has 0 saturated heterocycles. The van der Waals surface area contributed by atoms with Crippen LogP contribution in [-0.4, -0.2) is 9.49 Å². The Labute approximate surface area is 86.3 Å². The van der Waals surface area contributed by atoms with E-state index >= 15 is 0 Å². The van der Waals surface area contributed by atoms with E-state index in [0.717, 1.165) is 23.7 Å². The van der Waals surface area contributed by atoms with Crippen LogP contribution in [-0.2, 0) is 0 Å². The Morgan fingerprint density at radius 1 is 1.33 bits per heavy atom. The molecular formula is C11H10N2O2. The molecule has 0 radical (unpaired) electrons. The van der Waals surface area contributed by atoms with E-state index in [4.69, 9.17) is 0 Å². The lowest BCUT2D eigenvalue weighted by Gasteiger charge is -2.02. The molecule has 0 atom stereocenters. The summed E-state index contributed by atoms with van der Waals surface area (Å²) < 4.78 is 2.04. The molecule has 1 aliphatic rings. The summed E-state index contributed by atoms with van der Waals surface area (Å²) in [5.74, 6) is 0. The number of aromatic nitrogens is 1. The van der Waals surface area contributed by atoms with Crippen molar-refractivity contribution in [2.45, 2.75) is 18.9 Å². The van der Waals surface area contributed by atoms with Crippen LogP contribution in [0.2, 0.25) is 0 Å². The molecule has 1 aromatic carbocycles. The van der Waals surface area contributed by atoms with Crippen LogP contribution in [0, 0.1) is 10.1 Å². The third-order valence-corrected chi connectivity index (χ3v) is 2.86. The van der Waals surface area contributed by atoms with Crippen LogP contribution in [0.5, 0.6) is 0 Å². The van der Waals surface area contributed by atoms with Gasteiger partial charge in [-0.15, -0.1) is 0 Å². The minimum atomic E-state index is -0.304. The molecule has 1 aromatic heterocycles. The van der Waals surface area contributed by atoms with Crippen LogP contribution < -0.4 is 0 Å². The Balaban J connectivity index is 2.33. The highest BCUT2D eigenvalue weighted by Gasteiger charge is 2.27. The van der Waals surface area contributed by atoms with Gasteiger partial charge in [0.2, 0.25) is 0 Å².